The minimum absolute atomic E-state index is 0.0102. The second kappa shape index (κ2) is 10.4. The van der Waals surface area contributed by atoms with Gasteiger partial charge in [-0.2, -0.15) is 0 Å². The van der Waals surface area contributed by atoms with Crippen LogP contribution in [0.25, 0.3) is 0 Å². The molecule has 6 atom stereocenters. The van der Waals surface area contributed by atoms with E-state index in [1.165, 1.54) is 0 Å². The maximum absolute atomic E-state index is 14.2. The van der Waals surface area contributed by atoms with Crippen molar-refractivity contribution >= 4 is 35.2 Å². The fourth-order valence-electron chi connectivity index (χ4n) is 6.77. The molecule has 3 heterocycles. The number of aryl methyl sites for hydroxylation is 2. The van der Waals surface area contributed by atoms with Gasteiger partial charge in [0.1, 0.15) is 6.04 Å². The van der Waals surface area contributed by atoms with Crippen molar-refractivity contribution < 1.29 is 19.5 Å². The quantitative estimate of drug-likeness (QED) is 0.479. The summed E-state index contributed by atoms with van der Waals surface area (Å²) in [6, 6.07) is 14.3. The number of aliphatic hydroxyl groups is 1. The van der Waals surface area contributed by atoms with E-state index in [-0.39, 0.29) is 35.5 Å². The zero-order chi connectivity index (χ0) is 27.2. The van der Waals surface area contributed by atoms with Crippen LogP contribution in [-0.4, -0.2) is 56.4 Å². The SMILES string of the molecule is Cc1cccc(C)c1NC(=O)C1N([C@@H](CO)C(C)C)C(=O)[C@@H]2[C@@H](C(=O)NCc3ccccc3)[C@H]3CCC12S3. The Balaban J connectivity index is 1.49. The molecule has 2 aromatic carbocycles. The lowest BCUT2D eigenvalue weighted by molar-refractivity contribution is -0.143. The van der Waals surface area contributed by atoms with Gasteiger partial charge < -0.3 is 20.6 Å². The zero-order valence-electron chi connectivity index (χ0n) is 22.4. The predicted octanol–water partition coefficient (Wildman–Crippen LogP) is 3.67. The molecular weight excluding hydrogens is 498 g/mol. The van der Waals surface area contributed by atoms with E-state index in [1.807, 2.05) is 76.2 Å². The molecule has 38 heavy (non-hydrogen) atoms. The van der Waals surface area contributed by atoms with E-state index >= 15 is 0 Å². The summed E-state index contributed by atoms with van der Waals surface area (Å²) < 4.78 is -0.695. The van der Waals surface area contributed by atoms with Crippen LogP contribution in [0.1, 0.15) is 43.4 Å². The third-order valence-electron chi connectivity index (χ3n) is 8.64. The lowest BCUT2D eigenvalue weighted by Crippen LogP contribution is -2.56. The summed E-state index contributed by atoms with van der Waals surface area (Å²) in [5, 5.41) is 16.5. The number of para-hydroxylation sites is 1. The first-order chi connectivity index (χ1) is 18.2. The van der Waals surface area contributed by atoms with E-state index in [9.17, 15) is 19.5 Å². The summed E-state index contributed by atoms with van der Waals surface area (Å²) >= 11 is 1.64. The smallest absolute Gasteiger partial charge is 0.248 e. The van der Waals surface area contributed by atoms with Crippen LogP contribution in [-0.2, 0) is 20.9 Å². The molecule has 3 aliphatic heterocycles. The number of rotatable bonds is 8. The Morgan fingerprint density at radius 3 is 2.39 bits per heavy atom. The molecule has 8 heteroatoms. The van der Waals surface area contributed by atoms with Crippen LogP contribution in [0, 0.1) is 31.6 Å². The van der Waals surface area contributed by atoms with Gasteiger partial charge in [0.15, 0.2) is 0 Å². The minimum atomic E-state index is -0.763. The van der Waals surface area contributed by atoms with E-state index < -0.39 is 28.7 Å². The maximum atomic E-state index is 14.2. The van der Waals surface area contributed by atoms with Gasteiger partial charge >= 0.3 is 0 Å². The Morgan fingerprint density at radius 2 is 1.76 bits per heavy atom. The molecule has 3 aliphatic rings. The number of hydrogen-bond donors (Lipinski definition) is 3. The number of nitrogens with one attached hydrogen (secondary N) is 2. The first-order valence-corrected chi connectivity index (χ1v) is 14.4. The van der Waals surface area contributed by atoms with Gasteiger partial charge in [-0.1, -0.05) is 62.4 Å². The Bertz CT molecular complexity index is 1220. The van der Waals surface area contributed by atoms with Crippen molar-refractivity contribution in [3.05, 3.63) is 65.2 Å². The van der Waals surface area contributed by atoms with Gasteiger partial charge in [-0.3, -0.25) is 14.4 Å². The van der Waals surface area contributed by atoms with Gasteiger partial charge in [0.05, 0.1) is 29.2 Å². The third-order valence-corrected chi connectivity index (χ3v) is 10.6. The molecule has 0 aliphatic carbocycles. The van der Waals surface area contributed by atoms with E-state index in [0.717, 1.165) is 28.8 Å². The molecule has 3 N–H and O–H groups in total. The standard InChI is InChI=1S/C30H37N3O4S/c1-17(2)21(16-34)33-26(28(36)32-25-18(3)9-8-10-19(25)4)30-14-13-22(38-30)23(24(30)29(33)37)27(35)31-15-20-11-6-5-7-12-20/h5-12,17,21-24,26,34H,13-16H2,1-4H3,(H,31,35)(H,32,36)/t21-,22+,23-,24-,26?,30?/m0/s1. The number of amides is 3. The summed E-state index contributed by atoms with van der Waals surface area (Å²) in [6.07, 6.45) is 1.48. The summed E-state index contributed by atoms with van der Waals surface area (Å²) in [7, 11) is 0. The molecule has 2 aromatic rings. The molecule has 3 saturated heterocycles. The van der Waals surface area contributed by atoms with E-state index in [0.29, 0.717) is 13.0 Å². The number of anilines is 1. The molecule has 7 nitrogen and oxygen atoms in total. The summed E-state index contributed by atoms with van der Waals surface area (Å²) in [5.74, 6) is -1.71. The maximum Gasteiger partial charge on any atom is 0.248 e. The molecular formula is C30H37N3O4S. The highest BCUT2D eigenvalue weighted by Gasteiger charge is 2.74. The first-order valence-electron chi connectivity index (χ1n) is 13.5. The summed E-state index contributed by atoms with van der Waals surface area (Å²) in [6.45, 7) is 7.97. The number of nitrogens with zero attached hydrogens (tertiary/aromatic N) is 1. The van der Waals surface area contributed by atoms with Gasteiger partial charge in [-0.15, -0.1) is 11.8 Å². The summed E-state index contributed by atoms with van der Waals surface area (Å²) in [5.41, 5.74) is 3.65. The van der Waals surface area contributed by atoms with Gasteiger partial charge in [0, 0.05) is 17.5 Å². The van der Waals surface area contributed by atoms with Crippen molar-refractivity contribution in [3.8, 4) is 0 Å². The molecule has 2 unspecified atom stereocenters. The van der Waals surface area contributed by atoms with E-state index in [1.54, 1.807) is 16.7 Å². The summed E-state index contributed by atoms with van der Waals surface area (Å²) in [4.78, 5) is 43.6. The van der Waals surface area contributed by atoms with Crippen LogP contribution in [0.5, 0.6) is 0 Å². The average molecular weight is 536 g/mol. The zero-order valence-corrected chi connectivity index (χ0v) is 23.3. The predicted molar refractivity (Wildman–Crippen MR) is 150 cm³/mol. The lowest BCUT2D eigenvalue weighted by Gasteiger charge is -2.38. The fraction of sp³-hybridized carbons (Fsp3) is 0.500. The van der Waals surface area contributed by atoms with Gasteiger partial charge in [0.2, 0.25) is 17.7 Å². The Morgan fingerprint density at radius 1 is 1.08 bits per heavy atom. The van der Waals surface area contributed by atoms with Crippen LogP contribution in [0.3, 0.4) is 0 Å². The molecule has 5 rings (SSSR count). The second-order valence-corrected chi connectivity index (χ2v) is 12.9. The molecule has 2 bridgehead atoms. The highest BCUT2D eigenvalue weighted by Crippen LogP contribution is 2.66. The largest absolute Gasteiger partial charge is 0.394 e. The van der Waals surface area contributed by atoms with Crippen LogP contribution in [0.2, 0.25) is 0 Å². The lowest BCUT2D eigenvalue weighted by atomic mass is 9.70. The third kappa shape index (κ3) is 4.31. The van der Waals surface area contributed by atoms with Crippen LogP contribution in [0.15, 0.2) is 48.5 Å². The highest BCUT2D eigenvalue weighted by molar-refractivity contribution is 8.02. The monoisotopic (exact) mass is 535 g/mol. The van der Waals surface area contributed by atoms with E-state index in [4.69, 9.17) is 0 Å². The number of thioether (sulfide) groups is 1. The number of hydrogen-bond acceptors (Lipinski definition) is 5. The number of likely N-dealkylation sites (tertiary alicyclic amines) is 1. The van der Waals surface area contributed by atoms with Gasteiger partial charge in [-0.25, -0.2) is 0 Å². The number of fused-ring (bicyclic) bond motifs is 1. The number of aliphatic hydroxyl groups excluding tert-OH is 1. The van der Waals surface area contributed by atoms with Crippen molar-refractivity contribution in [2.75, 3.05) is 11.9 Å². The molecule has 0 aromatic heterocycles. The molecule has 3 amide bonds. The van der Waals surface area contributed by atoms with Crippen molar-refractivity contribution in [2.45, 2.75) is 69.2 Å². The second-order valence-electron chi connectivity index (χ2n) is 11.3. The fourth-order valence-corrected chi connectivity index (χ4v) is 8.98. The van der Waals surface area contributed by atoms with Crippen molar-refractivity contribution in [3.63, 3.8) is 0 Å². The van der Waals surface area contributed by atoms with Crippen molar-refractivity contribution in [1.29, 1.82) is 0 Å². The Hall–Kier alpha value is -2.84. The number of benzene rings is 2. The first kappa shape index (κ1) is 26.8. The normalized spacial score (nSPS) is 28.5. The van der Waals surface area contributed by atoms with Crippen LogP contribution < -0.4 is 10.6 Å². The molecule has 3 fully saturated rings. The number of carbonyl (C=O) groups excluding carboxylic acids is 3. The van der Waals surface area contributed by atoms with E-state index in [2.05, 4.69) is 10.6 Å². The molecule has 1 spiro atoms. The van der Waals surface area contributed by atoms with Crippen molar-refractivity contribution in [1.82, 2.24) is 10.2 Å². The topological polar surface area (TPSA) is 98.7 Å². The average Bonchev–Trinajstić information content (AvgIpc) is 3.53. The molecule has 202 valence electrons. The molecule has 0 radical (unpaired) electrons. The van der Waals surface area contributed by atoms with Gasteiger partial charge in [-0.05, 0) is 49.3 Å². The van der Waals surface area contributed by atoms with Gasteiger partial charge in [0.25, 0.3) is 0 Å². The van der Waals surface area contributed by atoms with Crippen LogP contribution in [0.4, 0.5) is 5.69 Å². The highest BCUT2D eigenvalue weighted by atomic mass is 32.2. The van der Waals surface area contributed by atoms with Crippen LogP contribution >= 0.6 is 11.8 Å². The Labute approximate surface area is 228 Å². The minimum Gasteiger partial charge on any atom is -0.394 e. The van der Waals surface area contributed by atoms with Crippen molar-refractivity contribution in [2.24, 2.45) is 17.8 Å². The Kier molecular flexibility index (Phi) is 7.31. The number of carbonyl (C=O) groups is 3. The molecule has 0 saturated carbocycles.